The van der Waals surface area contributed by atoms with E-state index in [4.69, 9.17) is 0 Å². The quantitative estimate of drug-likeness (QED) is 0.770. The van der Waals surface area contributed by atoms with Gasteiger partial charge in [-0.05, 0) is 44.4 Å². The van der Waals surface area contributed by atoms with Crippen molar-refractivity contribution >= 4 is 5.69 Å². The van der Waals surface area contributed by atoms with E-state index < -0.39 is 0 Å². The molecular weight excluding hydrogens is 220 g/mol. The van der Waals surface area contributed by atoms with Crippen LogP contribution in [-0.4, -0.2) is 17.1 Å². The van der Waals surface area contributed by atoms with Crippen molar-refractivity contribution in [3.8, 4) is 0 Å². The van der Waals surface area contributed by atoms with Gasteiger partial charge in [0.2, 0.25) is 0 Å². The summed E-state index contributed by atoms with van der Waals surface area (Å²) in [7, 11) is 0. The number of hydrogen-bond donors (Lipinski definition) is 0. The molecule has 2 heteroatoms. The van der Waals surface area contributed by atoms with Gasteiger partial charge in [-0.1, -0.05) is 26.0 Å². The highest BCUT2D eigenvalue weighted by molar-refractivity contribution is 5.52. The normalized spacial score (nSPS) is 15.9. The second-order valence-corrected chi connectivity index (χ2v) is 6.30. The Morgan fingerprint density at radius 1 is 1.11 bits per heavy atom. The van der Waals surface area contributed by atoms with E-state index in [0.717, 1.165) is 6.67 Å². The molecule has 1 aliphatic heterocycles. The Hall–Kier alpha value is -1.44. The zero-order valence-corrected chi connectivity index (χ0v) is 12.1. The first kappa shape index (κ1) is 13.0. The Kier molecular flexibility index (Phi) is 3.38. The molecule has 1 aliphatic rings. The summed E-state index contributed by atoms with van der Waals surface area (Å²) in [5.74, 6) is 0.579. The third-order valence-electron chi connectivity index (χ3n) is 3.46. The van der Waals surface area contributed by atoms with E-state index >= 15 is 0 Å². The van der Waals surface area contributed by atoms with Crippen LogP contribution in [0.25, 0.3) is 0 Å². The number of benzene rings is 1. The molecule has 18 heavy (non-hydrogen) atoms. The van der Waals surface area contributed by atoms with E-state index in [0.29, 0.717) is 5.92 Å². The summed E-state index contributed by atoms with van der Waals surface area (Å²) in [5.41, 5.74) is 2.86. The first-order chi connectivity index (χ1) is 8.38. The van der Waals surface area contributed by atoms with Gasteiger partial charge in [-0.3, -0.25) is 0 Å². The largest absolute Gasteiger partial charge is 0.353 e. The molecule has 1 heterocycles. The molecule has 2 rings (SSSR count). The van der Waals surface area contributed by atoms with Gasteiger partial charge in [-0.2, -0.15) is 0 Å². The molecule has 0 aliphatic carbocycles. The van der Waals surface area contributed by atoms with Gasteiger partial charge in [0.15, 0.2) is 0 Å². The van der Waals surface area contributed by atoms with Crippen LogP contribution in [0, 0.1) is 0 Å². The molecule has 0 amide bonds. The number of rotatable bonds is 2. The van der Waals surface area contributed by atoms with Crippen LogP contribution in [0.1, 0.15) is 46.1 Å². The smallest absolute Gasteiger partial charge is 0.0946 e. The maximum atomic E-state index is 2.36. The number of anilines is 1. The molecule has 0 N–H and O–H groups in total. The van der Waals surface area contributed by atoms with Gasteiger partial charge < -0.3 is 9.80 Å². The molecule has 0 saturated carbocycles. The third kappa shape index (κ3) is 2.69. The molecule has 0 bridgehead atoms. The molecule has 98 valence electrons. The summed E-state index contributed by atoms with van der Waals surface area (Å²) in [6.07, 6.45) is 4.35. The lowest BCUT2D eigenvalue weighted by molar-refractivity contribution is 0.223. The minimum absolute atomic E-state index is 0.181. The molecule has 2 nitrogen and oxygen atoms in total. The van der Waals surface area contributed by atoms with E-state index in [1.807, 2.05) is 0 Å². The summed E-state index contributed by atoms with van der Waals surface area (Å²) in [6, 6.07) is 8.83. The highest BCUT2D eigenvalue weighted by Gasteiger charge is 2.23. The van der Waals surface area contributed by atoms with E-state index in [9.17, 15) is 0 Å². The van der Waals surface area contributed by atoms with Gasteiger partial charge in [0, 0.05) is 23.6 Å². The molecule has 0 saturated heterocycles. The number of hydrogen-bond acceptors (Lipinski definition) is 2. The second-order valence-electron chi connectivity index (χ2n) is 6.30. The molecule has 0 aromatic heterocycles. The topological polar surface area (TPSA) is 6.48 Å². The fourth-order valence-corrected chi connectivity index (χ4v) is 2.09. The van der Waals surface area contributed by atoms with Crippen LogP contribution in [0.5, 0.6) is 0 Å². The van der Waals surface area contributed by atoms with Crippen molar-refractivity contribution < 1.29 is 0 Å². The van der Waals surface area contributed by atoms with Crippen molar-refractivity contribution in [3.63, 3.8) is 0 Å². The molecule has 0 radical (unpaired) electrons. The van der Waals surface area contributed by atoms with Crippen molar-refractivity contribution in [3.05, 3.63) is 42.2 Å². The predicted octanol–water partition coefficient (Wildman–Crippen LogP) is 4.16. The summed E-state index contributed by atoms with van der Waals surface area (Å²) in [4.78, 5) is 4.66. The zero-order valence-electron chi connectivity index (χ0n) is 12.1. The van der Waals surface area contributed by atoms with Crippen LogP contribution < -0.4 is 4.90 Å². The highest BCUT2D eigenvalue weighted by atomic mass is 15.4. The monoisotopic (exact) mass is 244 g/mol. The molecule has 0 unspecified atom stereocenters. The van der Waals surface area contributed by atoms with Crippen LogP contribution in [0.15, 0.2) is 36.7 Å². The van der Waals surface area contributed by atoms with Crippen LogP contribution >= 0.6 is 0 Å². The summed E-state index contributed by atoms with van der Waals surface area (Å²) in [6.45, 7) is 12.1. The Labute approximate surface area is 111 Å². The molecule has 0 atom stereocenters. The highest BCUT2D eigenvalue weighted by Crippen LogP contribution is 2.26. The zero-order chi connectivity index (χ0) is 13.3. The minimum atomic E-state index is 0.181. The van der Waals surface area contributed by atoms with Gasteiger partial charge in [0.05, 0.1) is 6.67 Å². The molecule has 1 aromatic carbocycles. The summed E-state index contributed by atoms with van der Waals surface area (Å²) in [5, 5.41) is 0. The van der Waals surface area contributed by atoms with E-state index in [1.54, 1.807) is 0 Å². The van der Waals surface area contributed by atoms with Crippen molar-refractivity contribution in [1.82, 2.24) is 4.90 Å². The average Bonchev–Trinajstić information content (AvgIpc) is 2.78. The van der Waals surface area contributed by atoms with Gasteiger partial charge in [-0.15, -0.1) is 0 Å². The van der Waals surface area contributed by atoms with Gasteiger partial charge >= 0.3 is 0 Å². The average molecular weight is 244 g/mol. The van der Waals surface area contributed by atoms with Crippen molar-refractivity contribution in [2.75, 3.05) is 11.6 Å². The Morgan fingerprint density at radius 3 is 2.39 bits per heavy atom. The fraction of sp³-hybridized carbons (Fsp3) is 0.500. The Balaban J connectivity index is 2.15. The van der Waals surface area contributed by atoms with E-state index in [1.165, 1.54) is 11.3 Å². The van der Waals surface area contributed by atoms with Gasteiger partial charge in [0.1, 0.15) is 0 Å². The van der Waals surface area contributed by atoms with Crippen LogP contribution in [0.2, 0.25) is 0 Å². The van der Waals surface area contributed by atoms with E-state index in [2.05, 4.69) is 81.1 Å². The third-order valence-corrected chi connectivity index (χ3v) is 3.46. The summed E-state index contributed by atoms with van der Waals surface area (Å²) < 4.78 is 0. The van der Waals surface area contributed by atoms with Gasteiger partial charge in [0.25, 0.3) is 0 Å². The predicted molar refractivity (Wildman–Crippen MR) is 78.6 cm³/mol. The van der Waals surface area contributed by atoms with Crippen molar-refractivity contribution in [2.24, 2.45) is 0 Å². The Morgan fingerprint density at radius 2 is 1.83 bits per heavy atom. The Bertz CT molecular complexity index is 441. The first-order valence-corrected chi connectivity index (χ1v) is 6.69. The maximum absolute atomic E-state index is 2.36. The fourth-order valence-electron chi connectivity index (χ4n) is 2.09. The van der Waals surface area contributed by atoms with Crippen LogP contribution in [-0.2, 0) is 0 Å². The van der Waals surface area contributed by atoms with Crippen LogP contribution in [0.3, 0.4) is 0 Å². The second kappa shape index (κ2) is 4.68. The lowest BCUT2D eigenvalue weighted by Gasteiger charge is -2.33. The first-order valence-electron chi connectivity index (χ1n) is 6.69. The minimum Gasteiger partial charge on any atom is -0.353 e. The number of nitrogens with zero attached hydrogens (tertiary/aromatic N) is 2. The maximum Gasteiger partial charge on any atom is 0.0946 e. The molecule has 0 fully saturated rings. The molecular formula is C16H24N2. The lowest BCUT2D eigenvalue weighted by atomic mass is 10.0. The van der Waals surface area contributed by atoms with Crippen molar-refractivity contribution in [2.45, 2.75) is 46.1 Å². The lowest BCUT2D eigenvalue weighted by Crippen LogP contribution is -2.39. The summed E-state index contributed by atoms with van der Waals surface area (Å²) >= 11 is 0. The van der Waals surface area contributed by atoms with Gasteiger partial charge in [-0.25, -0.2) is 0 Å². The molecule has 1 aromatic rings. The SMILES string of the molecule is CC(C)c1cccc(N2C=CN(C(C)(C)C)C2)c1. The molecule has 0 spiro atoms. The van der Waals surface area contributed by atoms with Crippen molar-refractivity contribution in [1.29, 1.82) is 0 Å². The van der Waals surface area contributed by atoms with E-state index in [-0.39, 0.29) is 5.54 Å². The van der Waals surface area contributed by atoms with Crippen LogP contribution in [0.4, 0.5) is 5.69 Å². The standard InChI is InChI=1S/C16H24N2/c1-13(2)14-7-6-8-15(11-14)17-9-10-18(12-17)16(3,4)5/h6-11,13H,12H2,1-5H3.